The molecule has 2 aliphatic heterocycles. The number of ketones is 1. The first kappa shape index (κ1) is 35.1. The third kappa shape index (κ3) is 7.89. The molecule has 0 bridgehead atoms. The third-order valence-electron chi connectivity index (χ3n) is 8.96. The quantitative estimate of drug-likeness (QED) is 0.205. The number of ether oxygens (including phenoxy) is 1. The molecule has 4 aliphatic rings. The lowest BCUT2D eigenvalue weighted by molar-refractivity contribution is -0.139. The van der Waals surface area contributed by atoms with Crippen LogP contribution in [0.1, 0.15) is 76.8 Å². The highest BCUT2D eigenvalue weighted by Crippen LogP contribution is 2.45. The number of amides is 4. The molecule has 0 spiro atoms. The summed E-state index contributed by atoms with van der Waals surface area (Å²) in [5.41, 5.74) is -0.871. The molecule has 2 N–H and O–H groups in total. The molecule has 3 fully saturated rings. The zero-order chi connectivity index (χ0) is 35.0. The van der Waals surface area contributed by atoms with E-state index in [4.69, 9.17) is 4.74 Å². The molecule has 2 heterocycles. The first-order valence-corrected chi connectivity index (χ1v) is 17.7. The number of nitrogens with one attached hydrogen (secondary N) is 2. The van der Waals surface area contributed by atoms with Crippen LogP contribution in [0.3, 0.4) is 0 Å². The summed E-state index contributed by atoms with van der Waals surface area (Å²) in [5.74, 6) is 2.11. The van der Waals surface area contributed by atoms with Crippen molar-refractivity contribution < 1.29 is 41.5 Å². The van der Waals surface area contributed by atoms with Gasteiger partial charge in [-0.15, -0.1) is 6.58 Å². The molecule has 0 aromatic heterocycles. The van der Waals surface area contributed by atoms with Gasteiger partial charge >= 0.3 is 6.09 Å². The van der Waals surface area contributed by atoms with Crippen LogP contribution in [0.25, 0.3) is 0 Å². The molecular weight excluding hydrogens is 643 g/mol. The zero-order valence-electron chi connectivity index (χ0n) is 27.3. The number of fused-ring (bicyclic) bond motifs is 1. The fourth-order valence-electron chi connectivity index (χ4n) is 6.02. The Labute approximate surface area is 279 Å². The smallest absolute Gasteiger partial charge is 0.410 e. The maximum absolute atomic E-state index is 14.3. The Bertz CT molecular complexity index is 1710. The van der Waals surface area contributed by atoms with Gasteiger partial charge in [0.05, 0.1) is 18.3 Å². The monoisotopic (exact) mass is 684 g/mol. The van der Waals surface area contributed by atoms with Crippen LogP contribution in [0.2, 0.25) is 0 Å². The van der Waals surface area contributed by atoms with Crippen LogP contribution in [0.5, 0.6) is 0 Å². The molecule has 12 nitrogen and oxygen atoms in total. The minimum absolute atomic E-state index is 0.0105. The zero-order valence-corrected chi connectivity index (χ0v) is 28.2. The summed E-state index contributed by atoms with van der Waals surface area (Å²) >= 11 is 0. The fraction of sp³-hybridized carbons (Fsp3) is 0.559. The minimum Gasteiger partial charge on any atom is -0.444 e. The predicted octanol–water partition coefficient (Wildman–Crippen LogP) is 2.71. The van der Waals surface area contributed by atoms with E-state index < -0.39 is 68.5 Å². The van der Waals surface area contributed by atoms with Gasteiger partial charge in [-0.3, -0.25) is 28.8 Å². The van der Waals surface area contributed by atoms with Crippen LogP contribution in [0.15, 0.2) is 30.9 Å². The number of hydrogen-bond acceptors (Lipinski definition) is 8. The van der Waals surface area contributed by atoms with E-state index in [0.717, 1.165) is 0 Å². The topological polar surface area (TPSA) is 159 Å². The molecule has 1 aromatic rings. The number of benzene rings is 1. The summed E-state index contributed by atoms with van der Waals surface area (Å²) in [4.78, 5) is 68.5. The van der Waals surface area contributed by atoms with Gasteiger partial charge in [0, 0.05) is 42.7 Å². The van der Waals surface area contributed by atoms with E-state index in [1.807, 2.05) is 20.8 Å². The maximum Gasteiger partial charge on any atom is 0.410 e. The van der Waals surface area contributed by atoms with Crippen LogP contribution in [0.4, 0.5) is 9.18 Å². The van der Waals surface area contributed by atoms with Crippen molar-refractivity contribution in [2.45, 2.75) is 102 Å². The Morgan fingerprint density at radius 2 is 1.88 bits per heavy atom. The number of sulfonamides is 1. The standard InChI is InChI=1S/C34H41FN4O8S/c1-5-22-17-34(22,31(43)37-48(45,46)25-12-13-25)36-30(42)28-16-24(47-32(44)38-18-21-8-6-10-27(35)26(21)20-38)19-39(28)29(41)11-7-9-23(40)14-15-33(2,3)4/h5-6,8,10,22,24-25,28H,1,7,9,11-13,16-20H2,2-4H3,(H,36,42)(H,37,43)/t22-,24-,28?,34-/m1/s1. The first-order chi connectivity index (χ1) is 22.5. The Morgan fingerprint density at radius 3 is 2.50 bits per heavy atom. The molecule has 1 unspecified atom stereocenters. The summed E-state index contributed by atoms with van der Waals surface area (Å²) in [7, 11) is -3.90. The second-order valence-electron chi connectivity index (χ2n) is 14.0. The van der Waals surface area contributed by atoms with Crippen LogP contribution in [-0.4, -0.2) is 77.3 Å². The second-order valence-corrected chi connectivity index (χ2v) is 16.0. The highest BCUT2D eigenvalue weighted by molar-refractivity contribution is 7.91. The molecule has 0 radical (unpaired) electrons. The van der Waals surface area contributed by atoms with Gasteiger partial charge < -0.3 is 15.0 Å². The van der Waals surface area contributed by atoms with Crippen molar-refractivity contribution in [1.29, 1.82) is 0 Å². The maximum atomic E-state index is 14.3. The van der Waals surface area contributed by atoms with E-state index in [1.165, 1.54) is 21.9 Å². The van der Waals surface area contributed by atoms with Gasteiger partial charge in [-0.05, 0) is 64.0 Å². The molecule has 2 aliphatic carbocycles. The van der Waals surface area contributed by atoms with Crippen molar-refractivity contribution in [1.82, 2.24) is 19.8 Å². The molecule has 1 aromatic carbocycles. The average Bonchev–Trinajstić information content (AvgIpc) is 3.90. The van der Waals surface area contributed by atoms with Crippen LogP contribution < -0.4 is 10.0 Å². The van der Waals surface area contributed by atoms with Gasteiger partial charge in [0.15, 0.2) is 0 Å². The number of rotatable bonds is 11. The van der Waals surface area contributed by atoms with E-state index in [9.17, 15) is 36.8 Å². The van der Waals surface area contributed by atoms with Crippen molar-refractivity contribution in [3.05, 3.63) is 47.8 Å². The molecule has 48 heavy (non-hydrogen) atoms. The lowest BCUT2D eigenvalue weighted by Gasteiger charge is -2.26. The molecule has 4 amide bonds. The number of hydrogen-bond donors (Lipinski definition) is 2. The summed E-state index contributed by atoms with van der Waals surface area (Å²) in [6, 6.07) is 3.43. The summed E-state index contributed by atoms with van der Waals surface area (Å²) in [6.45, 7) is 9.34. The lowest BCUT2D eigenvalue weighted by Crippen LogP contribution is -2.56. The van der Waals surface area contributed by atoms with E-state index in [-0.39, 0.29) is 62.9 Å². The Morgan fingerprint density at radius 1 is 1.15 bits per heavy atom. The number of halogens is 1. The molecule has 14 heteroatoms. The van der Waals surface area contributed by atoms with Gasteiger partial charge in [-0.2, -0.15) is 0 Å². The Kier molecular flexibility index (Phi) is 9.74. The van der Waals surface area contributed by atoms with Gasteiger partial charge in [0.1, 0.15) is 23.5 Å². The summed E-state index contributed by atoms with van der Waals surface area (Å²) < 4.78 is 47.1. The van der Waals surface area contributed by atoms with Crippen molar-refractivity contribution in [2.75, 3.05) is 6.54 Å². The predicted molar refractivity (Wildman–Crippen MR) is 171 cm³/mol. The van der Waals surface area contributed by atoms with Gasteiger partial charge in [-0.1, -0.05) is 24.1 Å². The Hall–Kier alpha value is -4.25. The molecule has 258 valence electrons. The first-order valence-electron chi connectivity index (χ1n) is 16.1. The Balaban J connectivity index is 1.28. The van der Waals surface area contributed by atoms with E-state index in [2.05, 4.69) is 28.5 Å². The molecule has 4 atom stereocenters. The molecular formula is C34H41FN4O8S. The third-order valence-corrected chi connectivity index (χ3v) is 10.8. The number of carbonyl (C=O) groups is 5. The van der Waals surface area contributed by atoms with Gasteiger partial charge in [0.25, 0.3) is 5.91 Å². The lowest BCUT2D eigenvalue weighted by atomic mass is 9.97. The van der Waals surface area contributed by atoms with E-state index >= 15 is 0 Å². The van der Waals surface area contributed by atoms with Gasteiger partial charge in [-0.25, -0.2) is 17.6 Å². The van der Waals surface area contributed by atoms with Crippen LogP contribution >= 0.6 is 0 Å². The number of likely N-dealkylation sites (tertiary alicyclic amines) is 1. The number of carbonyl (C=O) groups excluding carboxylic acids is 5. The highest BCUT2D eigenvalue weighted by atomic mass is 32.2. The molecule has 1 saturated heterocycles. The van der Waals surface area contributed by atoms with Crippen molar-refractivity contribution in [3.8, 4) is 11.8 Å². The van der Waals surface area contributed by atoms with Crippen LogP contribution in [0, 0.1) is 29.0 Å². The molecule has 2 saturated carbocycles. The van der Waals surface area contributed by atoms with Crippen molar-refractivity contribution in [2.24, 2.45) is 11.3 Å². The largest absolute Gasteiger partial charge is 0.444 e. The van der Waals surface area contributed by atoms with Crippen molar-refractivity contribution in [3.63, 3.8) is 0 Å². The van der Waals surface area contributed by atoms with Crippen molar-refractivity contribution >= 4 is 39.6 Å². The average molecular weight is 685 g/mol. The normalized spacial score (nSPS) is 24.5. The number of nitrogens with zero attached hydrogens (tertiary/aromatic N) is 2. The fourth-order valence-corrected chi connectivity index (χ4v) is 7.38. The molecule has 5 rings (SSSR count). The number of Topliss-reactive ketones (excluding diaryl/α,β-unsaturated/α-hetero) is 1. The van der Waals surface area contributed by atoms with E-state index in [1.54, 1.807) is 12.1 Å². The second kappa shape index (κ2) is 13.3. The summed E-state index contributed by atoms with van der Waals surface area (Å²) in [6.07, 6.45) is 0.858. The SMILES string of the molecule is C=C[C@@H]1C[C@]1(NC(=O)C1C[C@@H](OC(=O)N2Cc3cccc(F)c3C2)CN1C(=O)CCCC(=O)C#CC(C)(C)C)C(=O)NS(=O)(=O)C1CC1. The van der Waals surface area contributed by atoms with E-state index in [0.29, 0.717) is 24.0 Å². The summed E-state index contributed by atoms with van der Waals surface area (Å²) in [5, 5.41) is 2.03. The van der Waals surface area contributed by atoms with Gasteiger partial charge in [0.2, 0.25) is 27.6 Å². The highest BCUT2D eigenvalue weighted by Gasteiger charge is 2.62. The minimum atomic E-state index is -3.90. The van der Waals surface area contributed by atoms with Crippen LogP contribution in [-0.2, 0) is 47.0 Å².